The zero-order valence-electron chi connectivity index (χ0n) is 12.1. The van der Waals surface area contributed by atoms with Crippen LogP contribution >= 0.6 is 0 Å². The van der Waals surface area contributed by atoms with Gasteiger partial charge in [-0.05, 0) is 47.8 Å². The van der Waals surface area contributed by atoms with Crippen molar-refractivity contribution in [3.63, 3.8) is 0 Å². The minimum atomic E-state index is 0.240. The number of rotatable bonds is 4. The highest BCUT2D eigenvalue weighted by atomic mass is 14.7. The molecule has 2 N–H and O–H groups in total. The molecule has 0 aliphatic heterocycles. The van der Waals surface area contributed by atoms with Gasteiger partial charge in [-0.1, -0.05) is 51.8 Å². The van der Waals surface area contributed by atoms with Gasteiger partial charge in [0.2, 0.25) is 0 Å². The molecular formula is C17H27N. The Morgan fingerprint density at radius 3 is 2.56 bits per heavy atom. The van der Waals surface area contributed by atoms with Gasteiger partial charge < -0.3 is 5.73 Å². The zero-order chi connectivity index (χ0) is 13.1. The first-order valence-electron chi connectivity index (χ1n) is 7.54. The lowest BCUT2D eigenvalue weighted by molar-refractivity contribution is 0.350. The van der Waals surface area contributed by atoms with Crippen LogP contribution < -0.4 is 5.73 Å². The normalized spacial score (nSPS) is 25.3. The first-order chi connectivity index (χ1) is 8.67. The van der Waals surface area contributed by atoms with Crippen LogP contribution in [0, 0.1) is 11.8 Å². The van der Waals surface area contributed by atoms with Crippen LogP contribution in [0.4, 0.5) is 0 Å². The van der Waals surface area contributed by atoms with Gasteiger partial charge in [0, 0.05) is 6.04 Å². The Kier molecular flexibility index (Phi) is 4.45. The van der Waals surface area contributed by atoms with Crippen molar-refractivity contribution in [3.05, 3.63) is 34.9 Å². The minimum Gasteiger partial charge on any atom is -0.324 e. The molecule has 3 unspecified atom stereocenters. The first-order valence-corrected chi connectivity index (χ1v) is 7.54. The summed E-state index contributed by atoms with van der Waals surface area (Å²) in [7, 11) is 0. The van der Waals surface area contributed by atoms with E-state index in [1.165, 1.54) is 36.0 Å². The van der Waals surface area contributed by atoms with E-state index in [9.17, 15) is 0 Å². The van der Waals surface area contributed by atoms with Crippen molar-refractivity contribution in [2.24, 2.45) is 17.6 Å². The van der Waals surface area contributed by atoms with E-state index < -0.39 is 0 Å². The Morgan fingerprint density at radius 2 is 2.00 bits per heavy atom. The molecule has 0 spiro atoms. The molecule has 0 amide bonds. The molecule has 0 aromatic heterocycles. The summed E-state index contributed by atoms with van der Waals surface area (Å²) in [5.74, 6) is 1.47. The first kappa shape index (κ1) is 13.6. The molecule has 1 fully saturated rings. The smallest absolute Gasteiger partial charge is 0.0328 e. The molecule has 0 heterocycles. The summed E-state index contributed by atoms with van der Waals surface area (Å²) in [5.41, 5.74) is 10.9. The second-order valence-electron chi connectivity index (χ2n) is 5.84. The van der Waals surface area contributed by atoms with Crippen molar-refractivity contribution < 1.29 is 0 Å². The maximum Gasteiger partial charge on any atom is 0.0328 e. The molecular weight excluding hydrogens is 218 g/mol. The van der Waals surface area contributed by atoms with Crippen LogP contribution in [0.2, 0.25) is 0 Å². The number of hydrogen-bond acceptors (Lipinski definition) is 1. The van der Waals surface area contributed by atoms with E-state index in [-0.39, 0.29) is 6.04 Å². The third kappa shape index (κ3) is 2.61. The summed E-state index contributed by atoms with van der Waals surface area (Å²) in [6, 6.07) is 7.14. The van der Waals surface area contributed by atoms with Crippen molar-refractivity contribution in [3.8, 4) is 0 Å². The molecule has 1 aromatic carbocycles. The molecule has 0 saturated heterocycles. The van der Waals surface area contributed by atoms with Gasteiger partial charge in [-0.2, -0.15) is 0 Å². The quantitative estimate of drug-likeness (QED) is 0.843. The van der Waals surface area contributed by atoms with Gasteiger partial charge in [0.25, 0.3) is 0 Å². The van der Waals surface area contributed by atoms with Crippen LogP contribution in [0.25, 0.3) is 0 Å². The fourth-order valence-corrected chi connectivity index (χ4v) is 3.43. The van der Waals surface area contributed by atoms with Crippen LogP contribution in [-0.4, -0.2) is 0 Å². The van der Waals surface area contributed by atoms with E-state index in [1.54, 1.807) is 0 Å². The Balaban J connectivity index is 2.29. The standard InChI is InChI=1S/C17H27N/c1-4-13-9-10-14(5-2)16(11-13)17(18)15-8-6-7-12(15)3/h9-12,15,17H,4-8,18H2,1-3H3. The van der Waals surface area contributed by atoms with Crippen LogP contribution in [0.3, 0.4) is 0 Å². The van der Waals surface area contributed by atoms with Crippen molar-refractivity contribution in [2.75, 3.05) is 0 Å². The molecule has 0 bridgehead atoms. The Morgan fingerprint density at radius 1 is 1.22 bits per heavy atom. The van der Waals surface area contributed by atoms with Gasteiger partial charge in [0.05, 0.1) is 0 Å². The van der Waals surface area contributed by atoms with Crippen molar-refractivity contribution >= 4 is 0 Å². The molecule has 2 rings (SSSR count). The van der Waals surface area contributed by atoms with E-state index >= 15 is 0 Å². The molecule has 1 heteroatoms. The monoisotopic (exact) mass is 245 g/mol. The summed E-state index contributed by atoms with van der Waals surface area (Å²) < 4.78 is 0. The lowest BCUT2D eigenvalue weighted by Gasteiger charge is -2.26. The van der Waals surface area contributed by atoms with E-state index in [4.69, 9.17) is 5.73 Å². The summed E-state index contributed by atoms with van der Waals surface area (Å²) in [5, 5.41) is 0. The highest BCUT2D eigenvalue weighted by Crippen LogP contribution is 2.39. The minimum absolute atomic E-state index is 0.240. The fraction of sp³-hybridized carbons (Fsp3) is 0.647. The second-order valence-corrected chi connectivity index (χ2v) is 5.84. The third-order valence-corrected chi connectivity index (χ3v) is 4.75. The van der Waals surface area contributed by atoms with Gasteiger partial charge in [-0.15, -0.1) is 0 Å². The van der Waals surface area contributed by atoms with Gasteiger partial charge in [0.15, 0.2) is 0 Å². The van der Waals surface area contributed by atoms with Crippen molar-refractivity contribution in [1.29, 1.82) is 0 Å². The maximum absolute atomic E-state index is 6.59. The van der Waals surface area contributed by atoms with Crippen molar-refractivity contribution in [1.82, 2.24) is 0 Å². The largest absolute Gasteiger partial charge is 0.324 e. The summed E-state index contributed by atoms with van der Waals surface area (Å²) >= 11 is 0. The number of hydrogen-bond donors (Lipinski definition) is 1. The van der Waals surface area contributed by atoms with E-state index in [2.05, 4.69) is 39.0 Å². The second kappa shape index (κ2) is 5.88. The lowest BCUT2D eigenvalue weighted by Crippen LogP contribution is -2.24. The van der Waals surface area contributed by atoms with E-state index in [0.29, 0.717) is 5.92 Å². The Labute approximate surface area is 112 Å². The van der Waals surface area contributed by atoms with Gasteiger partial charge in [-0.3, -0.25) is 0 Å². The van der Waals surface area contributed by atoms with Gasteiger partial charge in [-0.25, -0.2) is 0 Å². The molecule has 0 radical (unpaired) electrons. The topological polar surface area (TPSA) is 26.0 Å². The van der Waals surface area contributed by atoms with Crippen LogP contribution in [0.15, 0.2) is 18.2 Å². The van der Waals surface area contributed by atoms with Crippen molar-refractivity contribution in [2.45, 2.75) is 58.9 Å². The van der Waals surface area contributed by atoms with E-state index in [1.807, 2.05) is 0 Å². The lowest BCUT2D eigenvalue weighted by atomic mass is 9.83. The zero-order valence-corrected chi connectivity index (χ0v) is 12.1. The van der Waals surface area contributed by atoms with Gasteiger partial charge >= 0.3 is 0 Å². The molecule has 18 heavy (non-hydrogen) atoms. The molecule has 100 valence electrons. The molecule has 1 aromatic rings. The van der Waals surface area contributed by atoms with Gasteiger partial charge in [0.1, 0.15) is 0 Å². The molecule has 1 aliphatic carbocycles. The predicted octanol–water partition coefficient (Wildman–Crippen LogP) is 4.25. The highest BCUT2D eigenvalue weighted by Gasteiger charge is 2.30. The van der Waals surface area contributed by atoms with Crippen LogP contribution in [-0.2, 0) is 12.8 Å². The summed E-state index contributed by atoms with van der Waals surface area (Å²) in [6.45, 7) is 6.82. The number of benzene rings is 1. The van der Waals surface area contributed by atoms with E-state index in [0.717, 1.165) is 18.8 Å². The fourth-order valence-electron chi connectivity index (χ4n) is 3.43. The molecule has 1 aliphatic rings. The maximum atomic E-state index is 6.59. The average Bonchev–Trinajstić information content (AvgIpc) is 2.83. The highest BCUT2D eigenvalue weighted by molar-refractivity contribution is 5.35. The average molecular weight is 245 g/mol. The summed E-state index contributed by atoms with van der Waals surface area (Å²) in [6.07, 6.45) is 6.21. The van der Waals surface area contributed by atoms with Crippen LogP contribution in [0.1, 0.15) is 62.8 Å². The Hall–Kier alpha value is -0.820. The summed E-state index contributed by atoms with van der Waals surface area (Å²) in [4.78, 5) is 0. The number of nitrogens with two attached hydrogens (primary N) is 1. The Bertz CT molecular complexity index is 397. The number of aryl methyl sites for hydroxylation is 2. The predicted molar refractivity (Wildman–Crippen MR) is 78.6 cm³/mol. The molecule has 1 nitrogen and oxygen atoms in total. The SMILES string of the molecule is CCc1ccc(CC)c(C(N)C2CCCC2C)c1. The molecule has 1 saturated carbocycles. The third-order valence-electron chi connectivity index (χ3n) is 4.75. The molecule has 3 atom stereocenters. The van der Waals surface area contributed by atoms with Crippen LogP contribution in [0.5, 0.6) is 0 Å².